The minimum atomic E-state index is -0.759. The van der Waals surface area contributed by atoms with E-state index in [2.05, 4.69) is 15.6 Å². The van der Waals surface area contributed by atoms with Crippen LogP contribution in [0.15, 0.2) is 9.59 Å². The van der Waals surface area contributed by atoms with Gasteiger partial charge in [0.05, 0.1) is 0 Å². The van der Waals surface area contributed by atoms with Crippen LogP contribution in [0, 0.1) is 0 Å². The van der Waals surface area contributed by atoms with Crippen LogP contribution in [0.3, 0.4) is 0 Å². The van der Waals surface area contributed by atoms with Gasteiger partial charge in [-0.2, -0.15) is 0 Å². The molecule has 1 aliphatic rings. The summed E-state index contributed by atoms with van der Waals surface area (Å²) in [6.07, 6.45) is 7.42. The maximum atomic E-state index is 11.9. The second kappa shape index (κ2) is 7.79. The average Bonchev–Trinajstić information content (AvgIpc) is 2.76. The van der Waals surface area contributed by atoms with Gasteiger partial charge in [-0.25, -0.2) is 4.79 Å². The van der Waals surface area contributed by atoms with Gasteiger partial charge in [0.2, 0.25) is 0 Å². The zero-order chi connectivity index (χ0) is 15.9. The number of nitrogens with one attached hydrogen (secondary N) is 4. The summed E-state index contributed by atoms with van der Waals surface area (Å²) in [6, 6.07) is 0.504. The van der Waals surface area contributed by atoms with Crippen LogP contribution in [0.2, 0.25) is 0 Å². The maximum Gasteiger partial charge on any atom is 0.326 e. The van der Waals surface area contributed by atoms with Gasteiger partial charge in [-0.1, -0.05) is 25.7 Å². The van der Waals surface area contributed by atoms with E-state index in [4.69, 9.17) is 5.73 Å². The quantitative estimate of drug-likeness (QED) is 0.376. The first-order chi connectivity index (χ1) is 10.6. The third-order valence-corrected chi connectivity index (χ3v) is 3.91. The van der Waals surface area contributed by atoms with E-state index in [0.717, 1.165) is 0 Å². The molecule has 0 atom stereocenters. The Morgan fingerprint density at radius 2 is 1.77 bits per heavy atom. The third kappa shape index (κ3) is 4.45. The van der Waals surface area contributed by atoms with Crippen molar-refractivity contribution in [2.75, 3.05) is 18.8 Å². The smallest absolute Gasteiger partial charge is 0.326 e. The first kappa shape index (κ1) is 16.3. The van der Waals surface area contributed by atoms with E-state index >= 15 is 0 Å². The number of aromatic amines is 2. The molecule has 0 aliphatic heterocycles. The number of hydrogen-bond acceptors (Lipinski definition) is 5. The van der Waals surface area contributed by atoms with Crippen molar-refractivity contribution in [3.8, 4) is 0 Å². The highest BCUT2D eigenvalue weighted by Crippen LogP contribution is 2.16. The summed E-state index contributed by atoms with van der Waals surface area (Å²) < 4.78 is 0. The van der Waals surface area contributed by atoms with Crippen LogP contribution in [-0.4, -0.2) is 35.0 Å². The monoisotopic (exact) mass is 309 g/mol. The maximum absolute atomic E-state index is 11.9. The van der Waals surface area contributed by atoms with Crippen molar-refractivity contribution in [2.45, 2.75) is 44.6 Å². The minimum Gasteiger partial charge on any atom is -0.392 e. The number of anilines is 1. The zero-order valence-corrected chi connectivity index (χ0v) is 12.5. The summed E-state index contributed by atoms with van der Waals surface area (Å²) in [7, 11) is 0. The Balaban J connectivity index is 1.80. The average molecular weight is 309 g/mol. The lowest BCUT2D eigenvalue weighted by Gasteiger charge is -2.16. The molecule has 1 aliphatic carbocycles. The van der Waals surface area contributed by atoms with Crippen molar-refractivity contribution in [3.05, 3.63) is 26.5 Å². The fraction of sp³-hybridized carbons (Fsp3) is 0.643. The molecule has 1 saturated carbocycles. The molecule has 0 radical (unpaired) electrons. The number of carbonyl (C=O) groups excluding carboxylic acids is 1. The molecule has 8 heteroatoms. The van der Waals surface area contributed by atoms with Gasteiger partial charge in [0.15, 0.2) is 0 Å². The van der Waals surface area contributed by atoms with Gasteiger partial charge in [-0.3, -0.25) is 14.6 Å². The largest absolute Gasteiger partial charge is 0.392 e. The van der Waals surface area contributed by atoms with Crippen molar-refractivity contribution in [1.29, 1.82) is 0 Å². The van der Waals surface area contributed by atoms with Crippen molar-refractivity contribution < 1.29 is 4.79 Å². The van der Waals surface area contributed by atoms with E-state index in [1.165, 1.54) is 38.5 Å². The van der Waals surface area contributed by atoms with E-state index in [0.29, 0.717) is 19.1 Å². The number of nitrogens with two attached hydrogens (primary N) is 1. The first-order valence-corrected chi connectivity index (χ1v) is 7.71. The molecule has 1 fully saturated rings. The molecule has 1 aromatic heterocycles. The van der Waals surface area contributed by atoms with Gasteiger partial charge in [0.1, 0.15) is 11.4 Å². The Morgan fingerprint density at radius 1 is 1.09 bits per heavy atom. The molecule has 122 valence electrons. The van der Waals surface area contributed by atoms with Crippen LogP contribution >= 0.6 is 0 Å². The molecule has 0 bridgehead atoms. The van der Waals surface area contributed by atoms with Gasteiger partial charge in [0.25, 0.3) is 11.5 Å². The van der Waals surface area contributed by atoms with Crippen LogP contribution in [0.5, 0.6) is 0 Å². The topological polar surface area (TPSA) is 133 Å². The minimum absolute atomic E-state index is 0.191. The van der Waals surface area contributed by atoms with E-state index < -0.39 is 17.2 Å². The molecule has 1 aromatic rings. The Kier molecular flexibility index (Phi) is 5.76. The number of H-pyrrole nitrogens is 2. The number of hydrogen-bond donors (Lipinski definition) is 5. The Labute approximate surface area is 127 Å². The molecule has 0 spiro atoms. The van der Waals surface area contributed by atoms with Gasteiger partial charge in [-0.15, -0.1) is 0 Å². The molecule has 0 aromatic carbocycles. The van der Waals surface area contributed by atoms with Crippen LogP contribution < -0.4 is 27.6 Å². The highest BCUT2D eigenvalue weighted by Gasteiger charge is 2.14. The summed E-state index contributed by atoms with van der Waals surface area (Å²) >= 11 is 0. The standard InChI is InChI=1S/C14H23N5O3/c15-10-11(18-14(22)19-12(10)20)13(21)17-8-7-16-9-5-3-1-2-4-6-9/h9,16H,1-8,15H2,(H,17,21)(H2,18,19,20,22). The zero-order valence-electron chi connectivity index (χ0n) is 12.5. The van der Waals surface area contributed by atoms with Gasteiger partial charge in [-0.05, 0) is 12.8 Å². The Bertz CT molecular complexity index is 614. The van der Waals surface area contributed by atoms with Crippen LogP contribution in [0.25, 0.3) is 0 Å². The summed E-state index contributed by atoms with van der Waals surface area (Å²) in [5, 5.41) is 6.07. The highest BCUT2D eigenvalue weighted by atomic mass is 16.2. The lowest BCUT2D eigenvalue weighted by molar-refractivity contribution is 0.0949. The molecule has 0 unspecified atom stereocenters. The second-order valence-electron chi connectivity index (χ2n) is 5.60. The Hall–Kier alpha value is -2.09. The SMILES string of the molecule is Nc1c(C(=O)NCCNC2CCCCCC2)[nH]c(=O)[nH]c1=O. The molecule has 8 nitrogen and oxygen atoms in total. The normalized spacial score (nSPS) is 16.2. The highest BCUT2D eigenvalue weighted by molar-refractivity contribution is 5.96. The van der Waals surface area contributed by atoms with E-state index in [-0.39, 0.29) is 11.4 Å². The number of nitrogen functional groups attached to an aromatic ring is 1. The molecule has 1 heterocycles. The molecular formula is C14H23N5O3. The van der Waals surface area contributed by atoms with Crippen LogP contribution in [0.1, 0.15) is 49.0 Å². The molecule has 22 heavy (non-hydrogen) atoms. The van der Waals surface area contributed by atoms with Crippen molar-refractivity contribution in [3.63, 3.8) is 0 Å². The van der Waals surface area contributed by atoms with Crippen LogP contribution in [-0.2, 0) is 0 Å². The number of rotatable bonds is 5. The fourth-order valence-electron chi connectivity index (χ4n) is 2.70. The van der Waals surface area contributed by atoms with Gasteiger partial charge in [0, 0.05) is 19.1 Å². The molecule has 0 saturated heterocycles. The van der Waals surface area contributed by atoms with E-state index in [1.54, 1.807) is 0 Å². The predicted molar refractivity (Wildman–Crippen MR) is 83.9 cm³/mol. The van der Waals surface area contributed by atoms with Gasteiger partial charge >= 0.3 is 5.69 Å². The summed E-state index contributed by atoms with van der Waals surface area (Å²) in [4.78, 5) is 38.7. The first-order valence-electron chi connectivity index (χ1n) is 7.71. The van der Waals surface area contributed by atoms with Crippen molar-refractivity contribution in [1.82, 2.24) is 20.6 Å². The number of aromatic nitrogens is 2. The summed E-state index contributed by atoms with van der Waals surface area (Å²) in [5.41, 5.74) is 3.52. The predicted octanol–water partition coefficient (Wildman–Crippen LogP) is -0.312. The lowest BCUT2D eigenvalue weighted by Crippen LogP contribution is -2.39. The van der Waals surface area contributed by atoms with Crippen molar-refractivity contribution >= 4 is 11.6 Å². The van der Waals surface area contributed by atoms with E-state index in [9.17, 15) is 14.4 Å². The Morgan fingerprint density at radius 3 is 2.45 bits per heavy atom. The van der Waals surface area contributed by atoms with Crippen LogP contribution in [0.4, 0.5) is 5.69 Å². The van der Waals surface area contributed by atoms with Crippen molar-refractivity contribution in [2.24, 2.45) is 0 Å². The summed E-state index contributed by atoms with van der Waals surface area (Å²) in [5.74, 6) is -0.552. The molecule has 1 amide bonds. The molecule has 6 N–H and O–H groups in total. The summed E-state index contributed by atoms with van der Waals surface area (Å²) in [6.45, 7) is 1.05. The molecule has 2 rings (SSSR count). The lowest BCUT2D eigenvalue weighted by atomic mass is 10.1. The second-order valence-corrected chi connectivity index (χ2v) is 5.60. The fourth-order valence-corrected chi connectivity index (χ4v) is 2.70. The molecular weight excluding hydrogens is 286 g/mol. The third-order valence-electron chi connectivity index (χ3n) is 3.91. The van der Waals surface area contributed by atoms with E-state index in [1.807, 2.05) is 4.98 Å². The number of amides is 1. The van der Waals surface area contributed by atoms with Gasteiger partial charge < -0.3 is 21.4 Å². The number of carbonyl (C=O) groups is 1.